The maximum Gasteiger partial charge on any atom is 0.321 e. The number of benzene rings is 1. The van der Waals surface area contributed by atoms with E-state index in [-0.39, 0.29) is 18.4 Å². The van der Waals surface area contributed by atoms with Crippen molar-refractivity contribution in [1.29, 1.82) is 0 Å². The Kier molecular flexibility index (Phi) is 6.72. The summed E-state index contributed by atoms with van der Waals surface area (Å²) in [5, 5.41) is 11.7. The van der Waals surface area contributed by atoms with E-state index in [2.05, 4.69) is 5.32 Å². The van der Waals surface area contributed by atoms with E-state index in [9.17, 15) is 9.59 Å². The van der Waals surface area contributed by atoms with E-state index in [1.165, 1.54) is 0 Å². The van der Waals surface area contributed by atoms with Gasteiger partial charge in [-0.05, 0) is 37.5 Å². The van der Waals surface area contributed by atoms with Gasteiger partial charge in [-0.3, -0.25) is 9.69 Å². The molecule has 5 nitrogen and oxygen atoms in total. The van der Waals surface area contributed by atoms with Crippen molar-refractivity contribution >= 4 is 17.7 Å². The molecule has 2 N–H and O–H groups in total. The molecule has 0 aliphatic carbocycles. The van der Waals surface area contributed by atoms with Gasteiger partial charge in [-0.2, -0.15) is 0 Å². The van der Waals surface area contributed by atoms with Gasteiger partial charge in [0.05, 0.1) is 0 Å². The van der Waals surface area contributed by atoms with E-state index >= 15 is 0 Å². The van der Waals surface area contributed by atoms with Gasteiger partial charge in [0.25, 0.3) is 0 Å². The van der Waals surface area contributed by atoms with Gasteiger partial charge in [0, 0.05) is 25.2 Å². The summed E-state index contributed by atoms with van der Waals surface area (Å²) in [5.74, 6) is -0.871. The molecule has 5 heteroatoms. The Morgan fingerprint density at radius 2 is 2.05 bits per heavy atom. The lowest BCUT2D eigenvalue weighted by atomic mass is 10.0. The minimum absolute atomic E-state index is 0.0392. The third kappa shape index (κ3) is 5.45. The van der Waals surface area contributed by atoms with E-state index in [0.717, 1.165) is 17.7 Å². The van der Waals surface area contributed by atoms with Crippen molar-refractivity contribution in [2.24, 2.45) is 5.92 Å². The van der Waals surface area contributed by atoms with Crippen LogP contribution in [0, 0.1) is 12.8 Å². The summed E-state index contributed by atoms with van der Waals surface area (Å²) in [7, 11) is 0. The average Bonchev–Trinajstić information content (AvgIpc) is 2.44. The lowest BCUT2D eigenvalue weighted by Gasteiger charge is -2.23. The Morgan fingerprint density at radius 3 is 2.57 bits per heavy atom. The minimum Gasteiger partial charge on any atom is -0.481 e. The third-order valence-electron chi connectivity index (χ3n) is 3.46. The monoisotopic (exact) mass is 292 g/mol. The highest BCUT2D eigenvalue weighted by Crippen LogP contribution is 2.16. The molecule has 116 valence electrons. The second kappa shape index (κ2) is 8.29. The largest absolute Gasteiger partial charge is 0.481 e. The molecule has 0 spiro atoms. The first kappa shape index (κ1) is 17.0. The highest BCUT2D eigenvalue weighted by molar-refractivity contribution is 5.92. The van der Waals surface area contributed by atoms with Crippen LogP contribution in [0.3, 0.4) is 0 Å². The van der Waals surface area contributed by atoms with Crippen molar-refractivity contribution in [3.63, 3.8) is 0 Å². The van der Waals surface area contributed by atoms with E-state index in [1.807, 2.05) is 45.0 Å². The van der Waals surface area contributed by atoms with Crippen molar-refractivity contribution < 1.29 is 14.7 Å². The molecule has 1 atom stereocenters. The lowest BCUT2D eigenvalue weighted by molar-refractivity contribution is -0.138. The van der Waals surface area contributed by atoms with Crippen LogP contribution in [0.25, 0.3) is 0 Å². The predicted octanol–water partition coefficient (Wildman–Crippen LogP) is 3.03. The number of anilines is 1. The van der Waals surface area contributed by atoms with Gasteiger partial charge in [-0.25, -0.2) is 4.79 Å². The van der Waals surface area contributed by atoms with Crippen LogP contribution in [-0.4, -0.2) is 30.2 Å². The maximum atomic E-state index is 12.3. The molecular weight excluding hydrogens is 268 g/mol. The summed E-state index contributed by atoms with van der Waals surface area (Å²) >= 11 is 0. The Morgan fingerprint density at radius 1 is 1.33 bits per heavy atom. The molecule has 1 unspecified atom stereocenters. The fourth-order valence-corrected chi connectivity index (χ4v) is 2.17. The molecule has 0 saturated heterocycles. The van der Waals surface area contributed by atoms with E-state index < -0.39 is 5.97 Å². The summed E-state index contributed by atoms with van der Waals surface area (Å²) in [6.45, 7) is 6.76. The first-order chi connectivity index (χ1) is 9.97. The number of aryl methyl sites for hydroxylation is 1. The maximum absolute atomic E-state index is 12.3. The van der Waals surface area contributed by atoms with Gasteiger partial charge >= 0.3 is 12.0 Å². The molecule has 0 heterocycles. The van der Waals surface area contributed by atoms with Crippen molar-refractivity contribution in [3.8, 4) is 0 Å². The number of hydrogen-bond donors (Lipinski definition) is 2. The number of hydrogen-bond acceptors (Lipinski definition) is 2. The number of urea groups is 1. The molecule has 0 aliphatic rings. The van der Waals surface area contributed by atoms with Crippen LogP contribution in [0.2, 0.25) is 0 Å². The fourth-order valence-electron chi connectivity index (χ4n) is 2.17. The quantitative estimate of drug-likeness (QED) is 0.811. The number of aliphatic carboxylic acids is 1. The Labute approximate surface area is 126 Å². The molecule has 21 heavy (non-hydrogen) atoms. The summed E-state index contributed by atoms with van der Waals surface area (Å²) in [6, 6.07) is 7.56. The topological polar surface area (TPSA) is 69.6 Å². The van der Waals surface area contributed by atoms with Crippen molar-refractivity contribution in [2.45, 2.75) is 33.6 Å². The minimum atomic E-state index is -0.831. The van der Waals surface area contributed by atoms with Crippen LogP contribution in [-0.2, 0) is 4.79 Å². The summed E-state index contributed by atoms with van der Waals surface area (Å²) < 4.78 is 0. The van der Waals surface area contributed by atoms with Crippen molar-refractivity contribution in [1.82, 2.24) is 5.32 Å². The first-order valence-corrected chi connectivity index (χ1v) is 7.31. The zero-order valence-electron chi connectivity index (χ0n) is 12.9. The van der Waals surface area contributed by atoms with Gasteiger partial charge in [-0.1, -0.05) is 25.5 Å². The smallest absolute Gasteiger partial charge is 0.321 e. The van der Waals surface area contributed by atoms with E-state index in [0.29, 0.717) is 13.1 Å². The van der Waals surface area contributed by atoms with E-state index in [4.69, 9.17) is 5.11 Å². The normalized spacial score (nSPS) is 11.8. The molecular formula is C16H24N2O3. The Balaban J connectivity index is 2.65. The second-order valence-corrected chi connectivity index (χ2v) is 5.14. The number of rotatable bonds is 7. The molecule has 0 radical (unpaired) electrons. The second-order valence-electron chi connectivity index (χ2n) is 5.14. The zero-order chi connectivity index (χ0) is 15.8. The van der Waals surface area contributed by atoms with Crippen LogP contribution in [0.1, 0.15) is 32.3 Å². The summed E-state index contributed by atoms with van der Waals surface area (Å²) in [6.07, 6.45) is 0.802. The van der Waals surface area contributed by atoms with E-state index in [1.54, 1.807) is 4.90 Å². The fraction of sp³-hybridized carbons (Fsp3) is 0.500. The number of carbonyl (C=O) groups excluding carboxylic acids is 1. The molecule has 0 aliphatic heterocycles. The Bertz CT molecular complexity index is 488. The van der Waals surface area contributed by atoms with Gasteiger partial charge < -0.3 is 10.4 Å². The molecule has 1 rings (SSSR count). The molecule has 0 fully saturated rings. The number of nitrogens with one attached hydrogen (secondary N) is 1. The van der Waals surface area contributed by atoms with Crippen LogP contribution < -0.4 is 10.2 Å². The molecule has 1 aromatic rings. The molecule has 0 saturated carbocycles. The number of carboxylic acid groups (broad SMARTS) is 1. The van der Waals surface area contributed by atoms with Crippen LogP contribution in [0.15, 0.2) is 24.3 Å². The van der Waals surface area contributed by atoms with Gasteiger partial charge in [0.1, 0.15) is 0 Å². The molecule has 1 aromatic carbocycles. The molecule has 2 amide bonds. The van der Waals surface area contributed by atoms with Crippen LogP contribution in [0.4, 0.5) is 10.5 Å². The highest BCUT2D eigenvalue weighted by atomic mass is 16.4. The third-order valence-corrected chi connectivity index (χ3v) is 3.46. The first-order valence-electron chi connectivity index (χ1n) is 7.31. The summed E-state index contributed by atoms with van der Waals surface area (Å²) in [4.78, 5) is 24.7. The SMILES string of the molecule is CCC(CNC(=O)N(CC)c1cccc(C)c1)CC(=O)O. The molecule has 0 aromatic heterocycles. The van der Waals surface area contributed by atoms with Gasteiger partial charge in [-0.15, -0.1) is 0 Å². The number of nitrogens with zero attached hydrogens (tertiary/aromatic N) is 1. The number of carbonyl (C=O) groups is 2. The predicted molar refractivity (Wildman–Crippen MR) is 83.6 cm³/mol. The number of amides is 2. The number of carboxylic acids is 1. The highest BCUT2D eigenvalue weighted by Gasteiger charge is 2.16. The lowest BCUT2D eigenvalue weighted by Crippen LogP contribution is -2.42. The standard InChI is InChI=1S/C16H24N2O3/c1-4-13(10-15(19)20)11-17-16(21)18(5-2)14-8-6-7-12(3)9-14/h6-9,13H,4-5,10-11H2,1-3H3,(H,17,21)(H,19,20). The van der Waals surface area contributed by atoms with Gasteiger partial charge in [0.2, 0.25) is 0 Å². The summed E-state index contributed by atoms with van der Waals surface area (Å²) in [5.41, 5.74) is 1.94. The van der Waals surface area contributed by atoms with Crippen LogP contribution in [0.5, 0.6) is 0 Å². The Hall–Kier alpha value is -2.04. The van der Waals surface area contributed by atoms with Gasteiger partial charge in [0.15, 0.2) is 0 Å². The van der Waals surface area contributed by atoms with Crippen molar-refractivity contribution in [3.05, 3.63) is 29.8 Å². The van der Waals surface area contributed by atoms with Crippen molar-refractivity contribution in [2.75, 3.05) is 18.0 Å². The zero-order valence-corrected chi connectivity index (χ0v) is 12.9. The molecule has 0 bridgehead atoms. The van der Waals surface area contributed by atoms with Crippen LogP contribution >= 0.6 is 0 Å². The average molecular weight is 292 g/mol.